The van der Waals surface area contributed by atoms with Crippen molar-refractivity contribution in [2.45, 2.75) is 26.4 Å². The second kappa shape index (κ2) is 4.77. The van der Waals surface area contributed by atoms with Crippen molar-refractivity contribution in [1.82, 2.24) is 0 Å². The van der Waals surface area contributed by atoms with Crippen molar-refractivity contribution >= 4 is 11.4 Å². The van der Waals surface area contributed by atoms with Crippen molar-refractivity contribution in [1.29, 1.82) is 0 Å². The molecule has 0 bridgehead atoms. The molecule has 0 aliphatic rings. The van der Waals surface area contributed by atoms with Gasteiger partial charge in [-0.25, -0.2) is 0 Å². The molecule has 1 aromatic rings. The van der Waals surface area contributed by atoms with Crippen LogP contribution in [0.2, 0.25) is 0 Å². The van der Waals surface area contributed by atoms with Gasteiger partial charge in [0.1, 0.15) is 0 Å². The van der Waals surface area contributed by atoms with E-state index in [1.54, 1.807) is 0 Å². The zero-order valence-electron chi connectivity index (χ0n) is 8.07. The molecule has 0 saturated carbocycles. The number of aliphatic hydroxyl groups excluding tert-OH is 1. The maximum Gasteiger partial charge on any atom is 0.0915 e. The van der Waals surface area contributed by atoms with Crippen LogP contribution in [-0.4, -0.2) is 16.9 Å². The Kier molecular flexibility index (Phi) is 3.65. The lowest BCUT2D eigenvalue weighted by molar-refractivity contribution is 0.237. The molecule has 0 heterocycles. The van der Waals surface area contributed by atoms with Gasteiger partial charge in [-0.05, 0) is 25.5 Å². The smallest absolute Gasteiger partial charge is 0.0915 e. The van der Waals surface area contributed by atoms with Gasteiger partial charge in [0.2, 0.25) is 0 Å². The summed E-state index contributed by atoms with van der Waals surface area (Å²) < 4.78 is 0. The molecule has 0 saturated heterocycles. The second-order valence-corrected chi connectivity index (χ2v) is 3.01. The van der Waals surface area contributed by atoms with Crippen molar-refractivity contribution in [2.24, 2.45) is 4.99 Å². The van der Waals surface area contributed by atoms with E-state index in [1.165, 1.54) is 0 Å². The molecule has 70 valence electrons. The van der Waals surface area contributed by atoms with Gasteiger partial charge in [0.25, 0.3) is 0 Å². The van der Waals surface area contributed by atoms with E-state index in [0.29, 0.717) is 6.42 Å². The first-order valence-electron chi connectivity index (χ1n) is 4.52. The molecule has 0 aliphatic carbocycles. The Balaban J connectivity index is 2.77. The van der Waals surface area contributed by atoms with Crippen LogP contribution < -0.4 is 0 Å². The molecule has 0 aliphatic heterocycles. The first-order chi connectivity index (χ1) is 6.24. The molecule has 1 rings (SSSR count). The Bertz CT molecular complexity index is 279. The molecule has 13 heavy (non-hydrogen) atoms. The maximum absolute atomic E-state index is 9.46. The maximum atomic E-state index is 9.46. The lowest BCUT2D eigenvalue weighted by Gasteiger charge is -2.06. The van der Waals surface area contributed by atoms with Crippen LogP contribution in [0.25, 0.3) is 0 Å². The number of nitrogens with zero attached hydrogens (tertiary/aromatic N) is 1. The molecule has 0 radical (unpaired) electrons. The third kappa shape index (κ3) is 2.99. The van der Waals surface area contributed by atoms with E-state index in [1.807, 2.05) is 44.2 Å². The monoisotopic (exact) mass is 177 g/mol. The summed E-state index contributed by atoms with van der Waals surface area (Å²) >= 11 is 0. The lowest BCUT2D eigenvalue weighted by Crippen LogP contribution is -2.15. The predicted octanol–water partition coefficient (Wildman–Crippen LogP) is 2.55. The molecule has 0 aromatic heterocycles. The topological polar surface area (TPSA) is 32.6 Å². The van der Waals surface area contributed by atoms with Gasteiger partial charge in [-0.3, -0.25) is 4.99 Å². The normalized spacial score (nSPS) is 14.2. The summed E-state index contributed by atoms with van der Waals surface area (Å²) in [5.74, 6) is 0. The summed E-state index contributed by atoms with van der Waals surface area (Å²) in [4.78, 5) is 4.30. The molecular weight excluding hydrogens is 162 g/mol. The SMILES string of the molecule is CCC(O)C(C)=Nc1ccccc1. The van der Waals surface area contributed by atoms with Gasteiger partial charge in [-0.1, -0.05) is 25.1 Å². The standard InChI is InChI=1S/C11H15NO/c1-3-11(13)9(2)12-10-7-5-4-6-8-10/h4-8,11,13H,3H2,1-2H3. The summed E-state index contributed by atoms with van der Waals surface area (Å²) in [7, 11) is 0. The fourth-order valence-corrected chi connectivity index (χ4v) is 1.08. The van der Waals surface area contributed by atoms with Crippen LogP contribution >= 0.6 is 0 Å². The Hall–Kier alpha value is -1.15. The van der Waals surface area contributed by atoms with Crippen LogP contribution in [0.15, 0.2) is 35.3 Å². The Morgan fingerprint density at radius 3 is 2.54 bits per heavy atom. The van der Waals surface area contributed by atoms with Crippen molar-refractivity contribution in [3.05, 3.63) is 30.3 Å². The Morgan fingerprint density at radius 2 is 2.00 bits per heavy atom. The van der Waals surface area contributed by atoms with Gasteiger partial charge < -0.3 is 5.11 Å². The van der Waals surface area contributed by atoms with E-state index in [2.05, 4.69) is 4.99 Å². The summed E-state index contributed by atoms with van der Waals surface area (Å²) in [5, 5.41) is 9.46. The molecule has 2 nitrogen and oxygen atoms in total. The number of rotatable bonds is 3. The van der Waals surface area contributed by atoms with E-state index >= 15 is 0 Å². The van der Waals surface area contributed by atoms with E-state index in [0.717, 1.165) is 11.4 Å². The minimum atomic E-state index is -0.416. The van der Waals surface area contributed by atoms with E-state index < -0.39 is 6.10 Å². The van der Waals surface area contributed by atoms with Crippen LogP contribution in [0.5, 0.6) is 0 Å². The summed E-state index contributed by atoms with van der Waals surface area (Å²) in [6.45, 7) is 3.79. The number of hydrogen-bond donors (Lipinski definition) is 1. The third-order valence-corrected chi connectivity index (χ3v) is 1.93. The molecule has 2 heteroatoms. The fourth-order valence-electron chi connectivity index (χ4n) is 1.08. The van der Waals surface area contributed by atoms with Crippen LogP contribution in [0, 0.1) is 0 Å². The summed E-state index contributed by atoms with van der Waals surface area (Å²) in [5.41, 5.74) is 1.67. The number of aliphatic hydroxyl groups is 1. The molecule has 1 unspecified atom stereocenters. The number of benzene rings is 1. The van der Waals surface area contributed by atoms with Gasteiger partial charge in [-0.2, -0.15) is 0 Å². The van der Waals surface area contributed by atoms with Crippen molar-refractivity contribution in [3.63, 3.8) is 0 Å². The average Bonchev–Trinajstić information content (AvgIpc) is 2.18. The van der Waals surface area contributed by atoms with Crippen LogP contribution in [0.1, 0.15) is 20.3 Å². The first kappa shape index (κ1) is 9.93. The van der Waals surface area contributed by atoms with Gasteiger partial charge in [0, 0.05) is 5.71 Å². The molecule has 1 atom stereocenters. The van der Waals surface area contributed by atoms with Crippen LogP contribution in [-0.2, 0) is 0 Å². The average molecular weight is 177 g/mol. The summed E-state index contributed by atoms with van der Waals surface area (Å²) in [6.07, 6.45) is 0.294. The third-order valence-electron chi connectivity index (χ3n) is 1.93. The highest BCUT2D eigenvalue weighted by Gasteiger charge is 2.03. The van der Waals surface area contributed by atoms with Crippen molar-refractivity contribution < 1.29 is 5.11 Å². The van der Waals surface area contributed by atoms with Gasteiger partial charge in [0.05, 0.1) is 11.8 Å². The highest BCUT2D eigenvalue weighted by Crippen LogP contribution is 2.11. The quantitative estimate of drug-likeness (QED) is 0.707. The Labute approximate surface area is 78.9 Å². The molecular formula is C11H15NO. The van der Waals surface area contributed by atoms with E-state index in [-0.39, 0.29) is 0 Å². The molecule has 0 amide bonds. The number of aliphatic imine (C=N–C) groups is 1. The predicted molar refractivity (Wildman–Crippen MR) is 55.5 cm³/mol. The molecule has 0 spiro atoms. The van der Waals surface area contributed by atoms with E-state index in [9.17, 15) is 5.11 Å². The zero-order chi connectivity index (χ0) is 9.68. The highest BCUT2D eigenvalue weighted by atomic mass is 16.3. The first-order valence-corrected chi connectivity index (χ1v) is 4.52. The largest absolute Gasteiger partial charge is 0.387 e. The van der Waals surface area contributed by atoms with Crippen molar-refractivity contribution in [2.75, 3.05) is 0 Å². The minimum Gasteiger partial charge on any atom is -0.387 e. The summed E-state index contributed by atoms with van der Waals surface area (Å²) in [6, 6.07) is 9.66. The lowest BCUT2D eigenvalue weighted by atomic mass is 10.2. The molecule has 1 N–H and O–H groups in total. The second-order valence-electron chi connectivity index (χ2n) is 3.01. The number of para-hydroxylation sites is 1. The van der Waals surface area contributed by atoms with Crippen LogP contribution in [0.4, 0.5) is 5.69 Å². The van der Waals surface area contributed by atoms with Gasteiger partial charge in [0.15, 0.2) is 0 Å². The minimum absolute atomic E-state index is 0.416. The van der Waals surface area contributed by atoms with Gasteiger partial charge in [-0.15, -0.1) is 0 Å². The van der Waals surface area contributed by atoms with Gasteiger partial charge >= 0.3 is 0 Å². The molecule has 0 fully saturated rings. The van der Waals surface area contributed by atoms with E-state index in [4.69, 9.17) is 0 Å². The Morgan fingerprint density at radius 1 is 1.38 bits per heavy atom. The highest BCUT2D eigenvalue weighted by molar-refractivity contribution is 5.88. The number of hydrogen-bond acceptors (Lipinski definition) is 2. The molecule has 1 aromatic carbocycles. The fraction of sp³-hybridized carbons (Fsp3) is 0.364. The van der Waals surface area contributed by atoms with Crippen LogP contribution in [0.3, 0.4) is 0 Å². The zero-order valence-corrected chi connectivity index (χ0v) is 8.07. The van der Waals surface area contributed by atoms with Crippen molar-refractivity contribution in [3.8, 4) is 0 Å².